The lowest BCUT2D eigenvalue weighted by atomic mass is 10.1. The first-order valence-electron chi connectivity index (χ1n) is 7.23. The van der Waals surface area contributed by atoms with Gasteiger partial charge in [-0.15, -0.1) is 0 Å². The van der Waals surface area contributed by atoms with Gasteiger partial charge in [0.2, 0.25) is 0 Å². The van der Waals surface area contributed by atoms with Crippen molar-refractivity contribution in [2.24, 2.45) is 0 Å². The molecule has 118 valence electrons. The lowest BCUT2D eigenvalue weighted by Gasteiger charge is -2.12. The van der Waals surface area contributed by atoms with Gasteiger partial charge in [-0.3, -0.25) is 14.7 Å². The SMILES string of the molecule is Cc1[nH]nc2ncc(C(=O)N[C@@H](C)CC(=O)c3ccco3)cc12. The lowest BCUT2D eigenvalue weighted by molar-refractivity contribution is 0.0907. The Bertz CT molecular complexity index is 851. The van der Waals surface area contributed by atoms with Crippen molar-refractivity contribution >= 4 is 22.7 Å². The van der Waals surface area contributed by atoms with E-state index in [9.17, 15) is 9.59 Å². The molecule has 3 heterocycles. The molecule has 7 heteroatoms. The Morgan fingerprint density at radius 3 is 3.00 bits per heavy atom. The fraction of sp³-hybridized carbons (Fsp3) is 0.250. The zero-order chi connectivity index (χ0) is 16.4. The van der Waals surface area contributed by atoms with Crippen LogP contribution in [0.1, 0.15) is 40.0 Å². The number of amides is 1. The number of hydrogen-bond donors (Lipinski definition) is 2. The molecule has 3 aromatic rings. The second kappa shape index (κ2) is 6.04. The van der Waals surface area contributed by atoms with Crippen LogP contribution in [-0.4, -0.2) is 32.9 Å². The summed E-state index contributed by atoms with van der Waals surface area (Å²) in [7, 11) is 0. The van der Waals surface area contributed by atoms with Crippen LogP contribution in [0.25, 0.3) is 11.0 Å². The van der Waals surface area contributed by atoms with E-state index in [0.717, 1.165) is 11.1 Å². The maximum atomic E-state index is 12.3. The molecule has 3 rings (SSSR count). The van der Waals surface area contributed by atoms with Gasteiger partial charge in [0.25, 0.3) is 5.91 Å². The van der Waals surface area contributed by atoms with E-state index in [1.54, 1.807) is 25.1 Å². The Kier molecular flexibility index (Phi) is 3.92. The van der Waals surface area contributed by atoms with Crippen LogP contribution in [0.2, 0.25) is 0 Å². The molecule has 0 aliphatic carbocycles. The first kappa shape index (κ1) is 15.0. The van der Waals surface area contributed by atoms with Crippen LogP contribution in [0.4, 0.5) is 0 Å². The van der Waals surface area contributed by atoms with Crippen LogP contribution in [0.15, 0.2) is 35.1 Å². The lowest BCUT2D eigenvalue weighted by Crippen LogP contribution is -2.34. The number of pyridine rings is 1. The first-order chi connectivity index (χ1) is 11.0. The molecule has 0 aliphatic heterocycles. The molecule has 2 N–H and O–H groups in total. The molecule has 0 radical (unpaired) electrons. The van der Waals surface area contributed by atoms with Crippen molar-refractivity contribution in [3.05, 3.63) is 47.7 Å². The van der Waals surface area contributed by atoms with Crippen LogP contribution in [-0.2, 0) is 0 Å². The van der Waals surface area contributed by atoms with Crippen LogP contribution in [0, 0.1) is 6.92 Å². The summed E-state index contributed by atoms with van der Waals surface area (Å²) in [6, 6.07) is 4.68. The van der Waals surface area contributed by atoms with E-state index < -0.39 is 0 Å². The molecule has 0 saturated carbocycles. The third-order valence-corrected chi connectivity index (χ3v) is 3.53. The first-order valence-corrected chi connectivity index (χ1v) is 7.23. The van der Waals surface area contributed by atoms with E-state index in [-0.39, 0.29) is 24.2 Å². The van der Waals surface area contributed by atoms with Gasteiger partial charge in [0.05, 0.1) is 11.8 Å². The van der Waals surface area contributed by atoms with Crippen molar-refractivity contribution in [1.82, 2.24) is 20.5 Å². The average molecular weight is 312 g/mol. The predicted octanol–water partition coefficient (Wildman–Crippen LogP) is 2.25. The van der Waals surface area contributed by atoms with Gasteiger partial charge < -0.3 is 9.73 Å². The van der Waals surface area contributed by atoms with Gasteiger partial charge in [0.15, 0.2) is 17.2 Å². The molecule has 23 heavy (non-hydrogen) atoms. The average Bonchev–Trinajstić information content (AvgIpc) is 3.17. The Labute approximate surface area is 132 Å². The quantitative estimate of drug-likeness (QED) is 0.704. The van der Waals surface area contributed by atoms with E-state index in [1.807, 2.05) is 6.92 Å². The number of Topliss-reactive ketones (excluding diaryl/α,β-unsaturated/α-hetero) is 1. The Morgan fingerprint density at radius 1 is 1.43 bits per heavy atom. The highest BCUT2D eigenvalue weighted by Crippen LogP contribution is 2.14. The number of fused-ring (bicyclic) bond motifs is 1. The van der Waals surface area contributed by atoms with Crippen molar-refractivity contribution in [1.29, 1.82) is 0 Å². The van der Waals surface area contributed by atoms with Gasteiger partial charge in [0, 0.05) is 29.7 Å². The molecule has 0 fully saturated rings. The minimum atomic E-state index is -0.318. The maximum Gasteiger partial charge on any atom is 0.253 e. The smallest absolute Gasteiger partial charge is 0.253 e. The summed E-state index contributed by atoms with van der Waals surface area (Å²) >= 11 is 0. The van der Waals surface area contributed by atoms with Gasteiger partial charge in [0.1, 0.15) is 0 Å². The number of aryl methyl sites for hydroxylation is 1. The number of hydrogen-bond acceptors (Lipinski definition) is 5. The van der Waals surface area contributed by atoms with E-state index in [4.69, 9.17) is 4.42 Å². The van der Waals surface area contributed by atoms with Crippen LogP contribution in [0.5, 0.6) is 0 Å². The summed E-state index contributed by atoms with van der Waals surface area (Å²) in [4.78, 5) is 28.4. The summed E-state index contributed by atoms with van der Waals surface area (Å²) in [5.41, 5.74) is 1.85. The maximum absolute atomic E-state index is 12.3. The molecule has 1 atom stereocenters. The molecule has 0 unspecified atom stereocenters. The fourth-order valence-corrected chi connectivity index (χ4v) is 2.32. The number of rotatable bonds is 5. The molecule has 0 spiro atoms. The third kappa shape index (κ3) is 3.13. The zero-order valence-corrected chi connectivity index (χ0v) is 12.8. The number of ketones is 1. The molecule has 0 bridgehead atoms. The number of furan rings is 1. The summed E-state index contributed by atoms with van der Waals surface area (Å²) < 4.78 is 5.06. The summed E-state index contributed by atoms with van der Waals surface area (Å²) in [5, 5.41) is 10.4. The number of nitrogens with one attached hydrogen (secondary N) is 2. The molecule has 3 aromatic heterocycles. The highest BCUT2D eigenvalue weighted by atomic mass is 16.3. The number of aromatic amines is 1. The predicted molar refractivity (Wildman–Crippen MR) is 83.2 cm³/mol. The third-order valence-electron chi connectivity index (χ3n) is 3.53. The minimum absolute atomic E-state index is 0.151. The van der Waals surface area contributed by atoms with Crippen molar-refractivity contribution in [3.8, 4) is 0 Å². The Morgan fingerprint density at radius 2 is 2.26 bits per heavy atom. The molecule has 1 amide bonds. The zero-order valence-electron chi connectivity index (χ0n) is 12.8. The van der Waals surface area contributed by atoms with E-state index in [0.29, 0.717) is 17.0 Å². The molecule has 7 nitrogen and oxygen atoms in total. The topological polar surface area (TPSA) is 101 Å². The monoisotopic (exact) mass is 312 g/mol. The van der Waals surface area contributed by atoms with Gasteiger partial charge in [-0.2, -0.15) is 5.10 Å². The molecule has 0 aromatic carbocycles. The van der Waals surface area contributed by atoms with Gasteiger partial charge >= 0.3 is 0 Å². The Balaban J connectivity index is 1.67. The van der Waals surface area contributed by atoms with Gasteiger partial charge in [-0.1, -0.05) is 0 Å². The van der Waals surface area contributed by atoms with Crippen molar-refractivity contribution < 1.29 is 14.0 Å². The summed E-state index contributed by atoms with van der Waals surface area (Å²) in [5.74, 6) is -0.134. The fourth-order valence-electron chi connectivity index (χ4n) is 2.32. The second-order valence-electron chi connectivity index (χ2n) is 5.42. The Hall–Kier alpha value is -2.96. The van der Waals surface area contributed by atoms with E-state index in [2.05, 4.69) is 20.5 Å². The summed E-state index contributed by atoms with van der Waals surface area (Å²) in [6.07, 6.45) is 3.09. The number of carbonyl (C=O) groups is 2. The number of H-pyrrole nitrogens is 1. The second-order valence-corrected chi connectivity index (χ2v) is 5.42. The van der Waals surface area contributed by atoms with E-state index in [1.165, 1.54) is 12.5 Å². The normalized spacial score (nSPS) is 12.3. The van der Waals surface area contributed by atoms with Crippen LogP contribution < -0.4 is 5.32 Å². The van der Waals surface area contributed by atoms with Crippen LogP contribution >= 0.6 is 0 Å². The molecular weight excluding hydrogens is 296 g/mol. The van der Waals surface area contributed by atoms with Gasteiger partial charge in [-0.25, -0.2) is 4.98 Å². The van der Waals surface area contributed by atoms with Crippen molar-refractivity contribution in [2.45, 2.75) is 26.3 Å². The number of nitrogens with zero attached hydrogens (tertiary/aromatic N) is 2. The molecular formula is C16H16N4O3. The highest BCUT2D eigenvalue weighted by molar-refractivity contribution is 5.98. The van der Waals surface area contributed by atoms with Crippen molar-refractivity contribution in [2.75, 3.05) is 0 Å². The minimum Gasteiger partial charge on any atom is -0.461 e. The molecule has 0 saturated heterocycles. The highest BCUT2D eigenvalue weighted by Gasteiger charge is 2.17. The van der Waals surface area contributed by atoms with E-state index >= 15 is 0 Å². The van der Waals surface area contributed by atoms with Gasteiger partial charge in [-0.05, 0) is 32.0 Å². The number of aromatic nitrogens is 3. The van der Waals surface area contributed by atoms with Crippen molar-refractivity contribution in [3.63, 3.8) is 0 Å². The summed E-state index contributed by atoms with van der Waals surface area (Å²) in [6.45, 7) is 3.64. The van der Waals surface area contributed by atoms with Crippen LogP contribution in [0.3, 0.4) is 0 Å². The molecule has 0 aliphatic rings. The largest absolute Gasteiger partial charge is 0.461 e. The number of carbonyl (C=O) groups excluding carboxylic acids is 2. The standard InChI is InChI=1S/C16H16N4O3/c1-9(6-13(21)14-4-3-5-23-14)18-16(22)11-7-12-10(2)19-20-15(12)17-8-11/h3-5,7-9H,6H2,1-2H3,(H,18,22)(H,17,19,20)/t9-/m0/s1.